The summed E-state index contributed by atoms with van der Waals surface area (Å²) in [4.78, 5) is 11.3. The molecule has 4 aromatic carbocycles. The molecule has 1 aliphatic rings. The highest BCUT2D eigenvalue weighted by molar-refractivity contribution is 5.87. The van der Waals surface area contributed by atoms with Crippen LogP contribution in [0.3, 0.4) is 0 Å². The standard InChI is InChI=1S/C29H27NO3/c1-19(24-11-6-8-20-7-2-3-9-25(20)24)30-18-23-17-27(26-10-4-5-12-28(26)33-23)21-13-15-22(16-14-21)29(31)32/h2-16,19,23,27,30H,17-18H2,1H3,(H,31,32)/t19-,23?,27?/m1/s1. The average molecular weight is 438 g/mol. The minimum Gasteiger partial charge on any atom is -0.489 e. The molecule has 4 nitrogen and oxygen atoms in total. The number of nitrogens with one attached hydrogen (secondary N) is 1. The number of fused-ring (bicyclic) bond motifs is 2. The molecule has 1 heterocycles. The lowest BCUT2D eigenvalue weighted by Crippen LogP contribution is -2.37. The van der Waals surface area contributed by atoms with Gasteiger partial charge in [-0.25, -0.2) is 4.79 Å². The first-order valence-electron chi connectivity index (χ1n) is 11.4. The molecule has 33 heavy (non-hydrogen) atoms. The third kappa shape index (κ3) is 4.35. The van der Waals surface area contributed by atoms with Crippen LogP contribution in [-0.2, 0) is 0 Å². The number of rotatable bonds is 6. The molecule has 2 N–H and O–H groups in total. The Morgan fingerprint density at radius 2 is 1.70 bits per heavy atom. The Morgan fingerprint density at radius 1 is 0.970 bits per heavy atom. The quantitative estimate of drug-likeness (QED) is 0.379. The molecule has 0 saturated carbocycles. The van der Waals surface area contributed by atoms with Crippen LogP contribution < -0.4 is 10.1 Å². The Balaban J connectivity index is 1.35. The normalized spacial score (nSPS) is 18.3. The van der Waals surface area contributed by atoms with Crippen LogP contribution in [0.25, 0.3) is 10.8 Å². The van der Waals surface area contributed by atoms with Gasteiger partial charge in [-0.2, -0.15) is 0 Å². The van der Waals surface area contributed by atoms with E-state index in [0.29, 0.717) is 5.56 Å². The average Bonchev–Trinajstić information content (AvgIpc) is 2.86. The van der Waals surface area contributed by atoms with E-state index in [1.54, 1.807) is 12.1 Å². The van der Waals surface area contributed by atoms with Crippen LogP contribution in [0.2, 0.25) is 0 Å². The largest absolute Gasteiger partial charge is 0.489 e. The lowest BCUT2D eigenvalue weighted by atomic mass is 9.84. The van der Waals surface area contributed by atoms with Gasteiger partial charge in [0.2, 0.25) is 0 Å². The van der Waals surface area contributed by atoms with E-state index in [-0.39, 0.29) is 18.1 Å². The SMILES string of the molecule is C[C@@H](NCC1CC(c2ccc(C(=O)O)cc2)c2ccccc2O1)c1cccc2ccccc12. The third-order valence-corrected chi connectivity index (χ3v) is 6.59. The summed E-state index contributed by atoms with van der Waals surface area (Å²) in [5, 5.41) is 15.4. The van der Waals surface area contributed by atoms with Crippen molar-refractivity contribution in [3.05, 3.63) is 113 Å². The van der Waals surface area contributed by atoms with E-state index >= 15 is 0 Å². The summed E-state index contributed by atoms with van der Waals surface area (Å²) >= 11 is 0. The monoisotopic (exact) mass is 437 g/mol. The number of para-hydroxylation sites is 1. The number of carboxylic acid groups (broad SMARTS) is 1. The molecule has 0 fully saturated rings. The number of carboxylic acids is 1. The lowest BCUT2D eigenvalue weighted by molar-refractivity contribution is 0.0697. The van der Waals surface area contributed by atoms with Crippen molar-refractivity contribution in [3.8, 4) is 5.75 Å². The third-order valence-electron chi connectivity index (χ3n) is 6.59. The van der Waals surface area contributed by atoms with Crippen molar-refractivity contribution in [2.24, 2.45) is 0 Å². The molecule has 3 atom stereocenters. The van der Waals surface area contributed by atoms with Gasteiger partial charge in [0.1, 0.15) is 11.9 Å². The summed E-state index contributed by atoms with van der Waals surface area (Å²) < 4.78 is 6.36. The van der Waals surface area contributed by atoms with E-state index < -0.39 is 5.97 Å². The van der Waals surface area contributed by atoms with Crippen molar-refractivity contribution in [1.29, 1.82) is 0 Å². The van der Waals surface area contributed by atoms with E-state index in [0.717, 1.165) is 29.8 Å². The summed E-state index contributed by atoms with van der Waals surface area (Å²) in [6, 6.07) is 30.5. The topological polar surface area (TPSA) is 58.6 Å². The molecule has 0 spiro atoms. The van der Waals surface area contributed by atoms with E-state index in [2.05, 4.69) is 60.8 Å². The maximum Gasteiger partial charge on any atom is 0.335 e. The van der Waals surface area contributed by atoms with E-state index in [9.17, 15) is 9.90 Å². The van der Waals surface area contributed by atoms with Gasteiger partial charge in [-0.1, -0.05) is 72.8 Å². The Labute approximate surface area is 193 Å². The second-order valence-corrected chi connectivity index (χ2v) is 8.69. The second-order valence-electron chi connectivity index (χ2n) is 8.69. The zero-order valence-electron chi connectivity index (χ0n) is 18.6. The fraction of sp³-hybridized carbons (Fsp3) is 0.207. The number of benzene rings is 4. The van der Waals surface area contributed by atoms with Crippen LogP contribution in [0.4, 0.5) is 0 Å². The highest BCUT2D eigenvalue weighted by Gasteiger charge is 2.29. The number of hydrogen-bond acceptors (Lipinski definition) is 3. The molecule has 4 heteroatoms. The zero-order valence-corrected chi connectivity index (χ0v) is 18.6. The maximum absolute atomic E-state index is 11.3. The predicted molar refractivity (Wildman–Crippen MR) is 131 cm³/mol. The molecule has 0 aromatic heterocycles. The fourth-order valence-corrected chi connectivity index (χ4v) is 4.84. The van der Waals surface area contributed by atoms with Gasteiger partial charge in [0.25, 0.3) is 0 Å². The minimum absolute atomic E-state index is 0.0153. The summed E-state index contributed by atoms with van der Waals surface area (Å²) in [5.74, 6) is 0.163. The molecular formula is C29H27NO3. The van der Waals surface area contributed by atoms with Crippen LogP contribution in [0.1, 0.15) is 52.4 Å². The molecule has 1 aliphatic heterocycles. The minimum atomic E-state index is -0.904. The van der Waals surface area contributed by atoms with Crippen LogP contribution in [-0.4, -0.2) is 23.7 Å². The van der Waals surface area contributed by atoms with Gasteiger partial charge in [-0.3, -0.25) is 0 Å². The van der Waals surface area contributed by atoms with Crippen molar-refractivity contribution >= 4 is 16.7 Å². The maximum atomic E-state index is 11.3. The molecule has 166 valence electrons. The van der Waals surface area contributed by atoms with E-state index in [4.69, 9.17) is 4.74 Å². The van der Waals surface area contributed by atoms with Gasteiger partial charge < -0.3 is 15.2 Å². The Morgan fingerprint density at radius 3 is 2.52 bits per heavy atom. The van der Waals surface area contributed by atoms with E-state index in [1.807, 2.05) is 30.3 Å². The van der Waals surface area contributed by atoms with Crippen molar-refractivity contribution < 1.29 is 14.6 Å². The summed E-state index contributed by atoms with van der Waals surface area (Å²) in [7, 11) is 0. The molecule has 4 aromatic rings. The zero-order chi connectivity index (χ0) is 22.8. The summed E-state index contributed by atoms with van der Waals surface area (Å²) in [5.41, 5.74) is 3.85. The first-order valence-corrected chi connectivity index (χ1v) is 11.4. The number of ether oxygens (including phenoxy) is 1. The molecule has 0 saturated heterocycles. The molecule has 0 bridgehead atoms. The van der Waals surface area contributed by atoms with Gasteiger partial charge in [-0.05, 0) is 53.4 Å². The van der Waals surface area contributed by atoms with Crippen LogP contribution in [0.15, 0.2) is 91.0 Å². The van der Waals surface area contributed by atoms with Gasteiger partial charge in [0.15, 0.2) is 0 Å². The Kier molecular flexibility index (Phi) is 5.84. The van der Waals surface area contributed by atoms with Crippen molar-refractivity contribution in [3.63, 3.8) is 0 Å². The van der Waals surface area contributed by atoms with Crippen LogP contribution in [0, 0.1) is 0 Å². The smallest absolute Gasteiger partial charge is 0.335 e. The number of hydrogen-bond donors (Lipinski definition) is 2. The first-order chi connectivity index (χ1) is 16.1. The first kappa shape index (κ1) is 21.2. The van der Waals surface area contributed by atoms with Gasteiger partial charge in [0, 0.05) is 24.1 Å². The van der Waals surface area contributed by atoms with Crippen molar-refractivity contribution in [2.45, 2.75) is 31.4 Å². The van der Waals surface area contributed by atoms with Crippen molar-refractivity contribution in [2.75, 3.05) is 6.54 Å². The fourth-order valence-electron chi connectivity index (χ4n) is 4.84. The van der Waals surface area contributed by atoms with Gasteiger partial charge in [-0.15, -0.1) is 0 Å². The van der Waals surface area contributed by atoms with Crippen LogP contribution >= 0.6 is 0 Å². The van der Waals surface area contributed by atoms with Gasteiger partial charge in [0.05, 0.1) is 5.56 Å². The van der Waals surface area contributed by atoms with Crippen LogP contribution in [0.5, 0.6) is 5.75 Å². The molecule has 0 radical (unpaired) electrons. The molecule has 0 aliphatic carbocycles. The number of carbonyl (C=O) groups is 1. The van der Waals surface area contributed by atoms with Crippen molar-refractivity contribution in [1.82, 2.24) is 5.32 Å². The highest BCUT2D eigenvalue weighted by atomic mass is 16.5. The Bertz CT molecular complexity index is 1280. The predicted octanol–water partition coefficient (Wildman–Crippen LogP) is 6.17. The van der Waals surface area contributed by atoms with E-state index in [1.165, 1.54) is 16.3 Å². The van der Waals surface area contributed by atoms with Gasteiger partial charge >= 0.3 is 5.97 Å². The molecular weight excluding hydrogens is 410 g/mol. The molecule has 5 rings (SSSR count). The second kappa shape index (κ2) is 9.08. The molecule has 0 amide bonds. The highest BCUT2D eigenvalue weighted by Crippen LogP contribution is 2.40. The molecule has 2 unspecified atom stereocenters. The Hall–Kier alpha value is -3.63. The summed E-state index contributed by atoms with van der Waals surface area (Å²) in [6.45, 7) is 2.92. The lowest BCUT2D eigenvalue weighted by Gasteiger charge is -2.33. The number of aromatic carboxylic acids is 1. The summed E-state index contributed by atoms with van der Waals surface area (Å²) in [6.07, 6.45) is 0.847.